The first kappa shape index (κ1) is 24.9. The number of hydrogen-bond acceptors (Lipinski definition) is 6. The maximum absolute atomic E-state index is 13.1. The van der Waals surface area contributed by atoms with Crippen LogP contribution in [0.2, 0.25) is 0 Å². The Morgan fingerprint density at radius 1 is 1.28 bits per heavy atom. The molecule has 1 aromatic carbocycles. The fraction of sp³-hybridized carbons (Fsp3) is 0.429. The second-order valence-corrected chi connectivity index (χ2v) is 7.12. The molecule has 11 heteroatoms. The second kappa shape index (κ2) is 10.3. The second-order valence-electron chi connectivity index (χ2n) is 7.12. The summed E-state index contributed by atoms with van der Waals surface area (Å²) in [6.07, 6.45) is -4.75. The van der Waals surface area contributed by atoms with Crippen molar-refractivity contribution in [2.45, 2.75) is 38.4 Å². The predicted molar refractivity (Wildman–Crippen MR) is 107 cm³/mol. The number of nitrogens with zero attached hydrogens (tertiary/aromatic N) is 2. The lowest BCUT2D eigenvalue weighted by Crippen LogP contribution is -2.44. The highest BCUT2D eigenvalue weighted by Crippen LogP contribution is 2.27. The van der Waals surface area contributed by atoms with Gasteiger partial charge < -0.3 is 20.3 Å². The van der Waals surface area contributed by atoms with Crippen LogP contribution < -0.4 is 10.6 Å². The SMILES string of the molecule is CC(CC(=O)OC(=O)C(F)(F)F)N1CC(=O)N(C)c2ccc(C#CCCCN)cc2C1=O. The van der Waals surface area contributed by atoms with E-state index in [2.05, 4.69) is 16.6 Å². The monoisotopic (exact) mass is 453 g/mol. The van der Waals surface area contributed by atoms with Gasteiger partial charge in [0.05, 0.1) is 17.7 Å². The molecule has 1 atom stereocenters. The third-order valence-electron chi connectivity index (χ3n) is 4.70. The molecule has 8 nitrogen and oxygen atoms in total. The molecule has 1 aliphatic rings. The van der Waals surface area contributed by atoms with Crippen molar-refractivity contribution in [2.75, 3.05) is 25.0 Å². The normalized spacial score (nSPS) is 14.8. The molecule has 0 saturated heterocycles. The molecule has 0 saturated carbocycles. The summed E-state index contributed by atoms with van der Waals surface area (Å²) in [6.45, 7) is 1.45. The molecule has 0 radical (unpaired) electrons. The van der Waals surface area contributed by atoms with Gasteiger partial charge >= 0.3 is 18.1 Å². The molecular formula is C21H22F3N3O5. The number of halogens is 3. The van der Waals surface area contributed by atoms with Gasteiger partial charge in [0.2, 0.25) is 5.91 Å². The van der Waals surface area contributed by atoms with Crippen molar-refractivity contribution in [3.63, 3.8) is 0 Å². The lowest BCUT2D eigenvalue weighted by molar-refractivity contribution is -0.202. The highest BCUT2D eigenvalue weighted by Gasteiger charge is 2.43. The number of nitrogens with two attached hydrogens (primary N) is 1. The lowest BCUT2D eigenvalue weighted by Gasteiger charge is -2.26. The number of rotatable bonds is 5. The van der Waals surface area contributed by atoms with Crippen molar-refractivity contribution in [3.05, 3.63) is 29.3 Å². The van der Waals surface area contributed by atoms with Crippen LogP contribution in [0.15, 0.2) is 18.2 Å². The minimum absolute atomic E-state index is 0.149. The molecule has 0 aliphatic carbocycles. The van der Waals surface area contributed by atoms with Gasteiger partial charge in [0.1, 0.15) is 6.54 Å². The first-order chi connectivity index (χ1) is 15.0. The first-order valence-electron chi connectivity index (χ1n) is 9.68. The third kappa shape index (κ3) is 6.07. The van der Waals surface area contributed by atoms with Crippen LogP contribution in [0, 0.1) is 11.8 Å². The molecule has 172 valence electrons. The Bertz CT molecular complexity index is 981. The molecule has 0 fully saturated rings. The standard InChI is InChI=1S/C21H22F3N3O5/c1-13(10-18(29)32-20(31)21(22,23)24)27-12-17(28)26(2)16-8-7-14(6-4-3-5-9-25)11-15(16)19(27)30/h7-8,11,13H,3,5,9-10,12,25H2,1-2H3. The van der Waals surface area contributed by atoms with Gasteiger partial charge in [0, 0.05) is 25.1 Å². The molecule has 32 heavy (non-hydrogen) atoms. The van der Waals surface area contributed by atoms with Gasteiger partial charge in [0.25, 0.3) is 5.91 Å². The molecule has 0 bridgehead atoms. The van der Waals surface area contributed by atoms with Crippen molar-refractivity contribution >= 4 is 29.4 Å². The molecule has 1 heterocycles. The minimum Gasteiger partial charge on any atom is -0.386 e. The fourth-order valence-corrected chi connectivity index (χ4v) is 2.96. The van der Waals surface area contributed by atoms with Crippen molar-refractivity contribution in [2.24, 2.45) is 5.73 Å². The van der Waals surface area contributed by atoms with E-state index >= 15 is 0 Å². The van der Waals surface area contributed by atoms with E-state index in [0.717, 1.165) is 4.90 Å². The van der Waals surface area contributed by atoms with E-state index in [-0.39, 0.29) is 5.56 Å². The molecule has 0 aromatic heterocycles. The summed E-state index contributed by atoms with van der Waals surface area (Å²) in [5, 5.41) is 0. The predicted octanol–water partition coefficient (Wildman–Crippen LogP) is 1.61. The number of fused-ring (bicyclic) bond motifs is 1. The van der Waals surface area contributed by atoms with Crippen LogP contribution >= 0.6 is 0 Å². The van der Waals surface area contributed by atoms with E-state index in [1.807, 2.05) is 0 Å². The molecule has 1 unspecified atom stereocenters. The Balaban J connectivity index is 2.26. The summed E-state index contributed by atoms with van der Waals surface area (Å²) in [5.41, 5.74) is 6.43. The number of anilines is 1. The maximum Gasteiger partial charge on any atom is 0.491 e. The summed E-state index contributed by atoms with van der Waals surface area (Å²) in [5.74, 6) is 0.664. The Morgan fingerprint density at radius 2 is 1.97 bits per heavy atom. The van der Waals surface area contributed by atoms with Crippen LogP contribution in [0.4, 0.5) is 18.9 Å². The van der Waals surface area contributed by atoms with Crippen LogP contribution in [0.1, 0.15) is 42.1 Å². The summed E-state index contributed by atoms with van der Waals surface area (Å²) in [6, 6.07) is 3.72. The highest BCUT2D eigenvalue weighted by atomic mass is 19.4. The summed E-state index contributed by atoms with van der Waals surface area (Å²) in [4.78, 5) is 50.6. The number of carbonyl (C=O) groups excluding carboxylic acids is 4. The molecule has 1 aliphatic heterocycles. The molecule has 0 spiro atoms. The van der Waals surface area contributed by atoms with E-state index in [1.165, 1.54) is 24.9 Å². The number of ether oxygens (including phenoxy) is 1. The average Bonchev–Trinajstić information content (AvgIpc) is 2.81. The van der Waals surface area contributed by atoms with Gasteiger partial charge in [-0.05, 0) is 38.1 Å². The zero-order chi connectivity index (χ0) is 24.1. The van der Waals surface area contributed by atoms with Gasteiger partial charge in [-0.2, -0.15) is 13.2 Å². The number of hydrogen-bond donors (Lipinski definition) is 1. The minimum atomic E-state index is -5.32. The highest BCUT2D eigenvalue weighted by molar-refractivity contribution is 6.09. The van der Waals surface area contributed by atoms with Crippen LogP contribution in [0.25, 0.3) is 0 Å². The zero-order valence-electron chi connectivity index (χ0n) is 17.5. The number of esters is 2. The van der Waals surface area contributed by atoms with Crippen molar-refractivity contribution < 1.29 is 37.1 Å². The van der Waals surface area contributed by atoms with Crippen LogP contribution in [-0.2, 0) is 19.1 Å². The van der Waals surface area contributed by atoms with E-state index in [0.29, 0.717) is 30.6 Å². The summed E-state index contributed by atoms with van der Waals surface area (Å²) >= 11 is 0. The van der Waals surface area contributed by atoms with Crippen LogP contribution in [0.5, 0.6) is 0 Å². The first-order valence-corrected chi connectivity index (χ1v) is 9.68. The quantitative estimate of drug-likeness (QED) is 0.314. The summed E-state index contributed by atoms with van der Waals surface area (Å²) < 4.78 is 40.6. The van der Waals surface area contributed by atoms with Gasteiger partial charge in [-0.1, -0.05) is 11.8 Å². The Labute approximate surface area is 182 Å². The Morgan fingerprint density at radius 3 is 2.59 bits per heavy atom. The Hall–Kier alpha value is -3.39. The van der Waals surface area contributed by atoms with E-state index < -0.39 is 48.9 Å². The van der Waals surface area contributed by atoms with Gasteiger partial charge in [-0.3, -0.25) is 14.4 Å². The van der Waals surface area contributed by atoms with Gasteiger partial charge in [0.15, 0.2) is 0 Å². The van der Waals surface area contributed by atoms with Crippen LogP contribution in [-0.4, -0.2) is 61.0 Å². The molecule has 2 amide bonds. The smallest absolute Gasteiger partial charge is 0.386 e. The maximum atomic E-state index is 13.1. The van der Waals surface area contributed by atoms with Crippen molar-refractivity contribution in [1.82, 2.24) is 4.90 Å². The van der Waals surface area contributed by atoms with E-state index in [1.54, 1.807) is 12.1 Å². The largest absolute Gasteiger partial charge is 0.491 e. The van der Waals surface area contributed by atoms with E-state index in [4.69, 9.17) is 5.73 Å². The number of amides is 2. The number of carbonyl (C=O) groups is 4. The topological polar surface area (TPSA) is 110 Å². The molecule has 1 aromatic rings. The number of benzene rings is 1. The van der Waals surface area contributed by atoms with Crippen LogP contribution in [0.3, 0.4) is 0 Å². The summed E-state index contributed by atoms with van der Waals surface area (Å²) in [7, 11) is 1.48. The number of likely N-dealkylation sites (N-methyl/N-ethyl adjacent to an activating group) is 1. The molecular weight excluding hydrogens is 431 g/mol. The van der Waals surface area contributed by atoms with Crippen molar-refractivity contribution in [1.29, 1.82) is 0 Å². The number of unbranched alkanes of at least 4 members (excludes halogenated alkanes) is 1. The van der Waals surface area contributed by atoms with Gasteiger partial charge in [-0.15, -0.1) is 0 Å². The average molecular weight is 453 g/mol. The van der Waals surface area contributed by atoms with Crippen molar-refractivity contribution in [3.8, 4) is 11.8 Å². The number of alkyl halides is 3. The molecule has 2 rings (SSSR count). The lowest BCUT2D eigenvalue weighted by atomic mass is 10.1. The van der Waals surface area contributed by atoms with Gasteiger partial charge in [-0.25, -0.2) is 4.79 Å². The molecule has 2 N–H and O–H groups in total. The fourth-order valence-electron chi connectivity index (χ4n) is 2.96. The Kier molecular flexibility index (Phi) is 7.99. The third-order valence-corrected chi connectivity index (χ3v) is 4.70. The van der Waals surface area contributed by atoms with E-state index in [9.17, 15) is 32.3 Å². The zero-order valence-corrected chi connectivity index (χ0v) is 17.5.